The summed E-state index contributed by atoms with van der Waals surface area (Å²) in [7, 11) is 1.31. The van der Waals surface area contributed by atoms with Crippen LogP contribution in [-0.2, 0) is 9.53 Å². The van der Waals surface area contributed by atoms with Crippen LogP contribution in [0.1, 0.15) is 19.3 Å². The number of aliphatic hydroxyl groups is 2. The molecule has 0 aliphatic rings. The second kappa shape index (κ2) is 10.1. The first-order valence-electron chi connectivity index (χ1n) is 6.44. The van der Waals surface area contributed by atoms with Gasteiger partial charge in [-0.3, -0.25) is 9.69 Å². The zero-order valence-corrected chi connectivity index (χ0v) is 11.6. The first-order valence-corrected chi connectivity index (χ1v) is 6.44. The van der Waals surface area contributed by atoms with Crippen LogP contribution in [0.15, 0.2) is 0 Å². The molecule has 112 valence electrons. The molecule has 0 aromatic heterocycles. The predicted molar refractivity (Wildman–Crippen MR) is 73.0 cm³/mol. The fourth-order valence-corrected chi connectivity index (χ4v) is 1.82. The van der Waals surface area contributed by atoms with E-state index in [9.17, 15) is 15.0 Å². The molecule has 0 amide bonds. The number of methoxy groups -OCH3 is 1. The smallest absolute Gasteiger partial charge is 0.322 e. The molecule has 0 heterocycles. The Morgan fingerprint density at radius 3 is 2.21 bits per heavy atom. The largest absolute Gasteiger partial charge is 0.468 e. The molecule has 0 saturated heterocycles. The number of ether oxygens (including phenoxy) is 1. The molecule has 0 saturated carbocycles. The number of carbonyl (C=O) groups is 1. The third kappa shape index (κ3) is 9.84. The highest BCUT2D eigenvalue weighted by Crippen LogP contribution is 2.04. The van der Waals surface area contributed by atoms with Crippen molar-refractivity contribution >= 4 is 5.97 Å². The van der Waals surface area contributed by atoms with E-state index in [-0.39, 0.29) is 0 Å². The van der Waals surface area contributed by atoms with E-state index in [0.717, 1.165) is 12.8 Å². The van der Waals surface area contributed by atoms with E-state index in [0.29, 0.717) is 26.1 Å². The molecule has 0 spiro atoms. The van der Waals surface area contributed by atoms with Crippen molar-refractivity contribution in [3.8, 4) is 0 Å². The number of carbonyl (C=O) groups excluding carboxylic acids is 1. The van der Waals surface area contributed by atoms with Crippen LogP contribution in [0.3, 0.4) is 0 Å². The normalized spacial score (nSPS) is 16.2. The van der Waals surface area contributed by atoms with Gasteiger partial charge in [0.1, 0.15) is 6.04 Å². The Balaban J connectivity index is 3.88. The van der Waals surface area contributed by atoms with Crippen LogP contribution in [0.2, 0.25) is 0 Å². The summed E-state index contributed by atoms with van der Waals surface area (Å²) in [5.74, 6) is -0.404. The number of aliphatic hydroxyl groups excluding tert-OH is 2. The van der Waals surface area contributed by atoms with Gasteiger partial charge in [-0.15, -0.1) is 0 Å². The van der Waals surface area contributed by atoms with Crippen molar-refractivity contribution in [2.45, 2.75) is 37.5 Å². The van der Waals surface area contributed by atoms with Crippen LogP contribution in [0, 0.1) is 13.8 Å². The number of nitrogens with two attached hydrogens (primary N) is 1. The van der Waals surface area contributed by atoms with E-state index >= 15 is 0 Å². The van der Waals surface area contributed by atoms with Crippen LogP contribution < -0.4 is 5.73 Å². The van der Waals surface area contributed by atoms with Gasteiger partial charge < -0.3 is 20.7 Å². The summed E-state index contributed by atoms with van der Waals surface area (Å²) in [6.45, 7) is 8.47. The SMILES string of the molecule is [CH2]C(O)CN(CCCCC(N)C(=O)OC)CC([CH2])O. The van der Waals surface area contributed by atoms with Gasteiger partial charge in [-0.25, -0.2) is 0 Å². The van der Waals surface area contributed by atoms with E-state index in [4.69, 9.17) is 5.73 Å². The standard InChI is InChI=1S/C13H26N2O4/c1-10(16)8-15(9-11(2)17)7-5-4-6-12(14)13(18)19-3/h10-12,16-17H,1-2,4-9,14H2,3H3. The van der Waals surface area contributed by atoms with E-state index in [1.54, 1.807) is 0 Å². The van der Waals surface area contributed by atoms with Crippen molar-refractivity contribution in [3.05, 3.63) is 13.8 Å². The van der Waals surface area contributed by atoms with Crippen LogP contribution in [0.4, 0.5) is 0 Å². The van der Waals surface area contributed by atoms with Gasteiger partial charge in [0.25, 0.3) is 0 Å². The van der Waals surface area contributed by atoms with Crippen molar-refractivity contribution in [1.29, 1.82) is 0 Å². The number of nitrogens with zero attached hydrogens (tertiary/aromatic N) is 1. The molecule has 0 aromatic carbocycles. The topological polar surface area (TPSA) is 96.0 Å². The summed E-state index contributed by atoms with van der Waals surface area (Å²) < 4.78 is 4.54. The van der Waals surface area contributed by atoms with Crippen LogP contribution in [-0.4, -0.2) is 66.1 Å². The van der Waals surface area contributed by atoms with Gasteiger partial charge in [0.15, 0.2) is 0 Å². The van der Waals surface area contributed by atoms with Crippen LogP contribution >= 0.6 is 0 Å². The molecule has 0 aromatic rings. The summed E-state index contributed by atoms with van der Waals surface area (Å²) in [6.07, 6.45) is 0.740. The maximum absolute atomic E-state index is 11.1. The van der Waals surface area contributed by atoms with E-state index in [1.807, 2.05) is 4.90 Å². The molecule has 4 N–H and O–H groups in total. The first kappa shape index (κ1) is 18.3. The predicted octanol–water partition coefficient (Wildman–Crippen LogP) is -0.651. The molecule has 19 heavy (non-hydrogen) atoms. The molecule has 3 unspecified atom stereocenters. The number of esters is 1. The molecular formula is C13H26N2O4. The lowest BCUT2D eigenvalue weighted by atomic mass is 10.1. The van der Waals surface area contributed by atoms with Crippen molar-refractivity contribution in [3.63, 3.8) is 0 Å². The molecule has 0 fully saturated rings. The Hall–Kier alpha value is -0.690. The van der Waals surface area contributed by atoms with Crippen LogP contribution in [0.5, 0.6) is 0 Å². The average Bonchev–Trinajstić information content (AvgIpc) is 2.31. The summed E-state index contributed by atoms with van der Waals surface area (Å²) in [6, 6.07) is -0.588. The molecule has 0 aliphatic heterocycles. The Kier molecular flexibility index (Phi) is 9.77. The summed E-state index contributed by atoms with van der Waals surface area (Å²) in [4.78, 5) is 13.0. The van der Waals surface area contributed by atoms with Gasteiger partial charge in [-0.1, -0.05) is 6.42 Å². The lowest BCUT2D eigenvalue weighted by Crippen LogP contribution is -2.37. The highest BCUT2D eigenvalue weighted by molar-refractivity contribution is 5.75. The Morgan fingerprint density at radius 2 is 1.79 bits per heavy atom. The Bertz CT molecular complexity index is 237. The minimum absolute atomic E-state index is 0.385. The maximum Gasteiger partial charge on any atom is 0.322 e. The fourth-order valence-electron chi connectivity index (χ4n) is 1.82. The minimum atomic E-state index is -0.698. The zero-order valence-electron chi connectivity index (χ0n) is 11.6. The summed E-state index contributed by atoms with van der Waals surface area (Å²) in [5.41, 5.74) is 5.62. The van der Waals surface area contributed by atoms with Crippen molar-refractivity contribution in [1.82, 2.24) is 4.90 Å². The Labute approximate surface area is 115 Å². The third-order valence-electron chi connectivity index (χ3n) is 2.68. The van der Waals surface area contributed by atoms with Crippen molar-refractivity contribution < 1.29 is 19.7 Å². The maximum atomic E-state index is 11.1. The van der Waals surface area contributed by atoms with Gasteiger partial charge in [-0.05, 0) is 33.2 Å². The van der Waals surface area contributed by atoms with E-state index in [2.05, 4.69) is 18.6 Å². The summed E-state index contributed by atoms with van der Waals surface area (Å²) in [5, 5.41) is 18.5. The molecule has 3 atom stereocenters. The molecule has 0 aliphatic carbocycles. The lowest BCUT2D eigenvalue weighted by Gasteiger charge is -2.25. The van der Waals surface area contributed by atoms with Crippen molar-refractivity contribution in [2.75, 3.05) is 26.7 Å². The third-order valence-corrected chi connectivity index (χ3v) is 2.68. The van der Waals surface area contributed by atoms with Gasteiger partial charge in [0.05, 0.1) is 19.3 Å². The highest BCUT2D eigenvalue weighted by Gasteiger charge is 2.14. The number of unbranched alkanes of at least 4 members (excludes halogenated alkanes) is 1. The fraction of sp³-hybridized carbons (Fsp3) is 0.769. The second-order valence-corrected chi connectivity index (χ2v) is 4.69. The van der Waals surface area contributed by atoms with E-state index < -0.39 is 24.2 Å². The quantitative estimate of drug-likeness (QED) is 0.362. The molecule has 0 bridgehead atoms. The number of hydrogen-bond acceptors (Lipinski definition) is 6. The zero-order chi connectivity index (χ0) is 14.8. The van der Waals surface area contributed by atoms with Gasteiger partial charge in [0, 0.05) is 13.1 Å². The number of hydrogen-bond donors (Lipinski definition) is 3. The second-order valence-electron chi connectivity index (χ2n) is 4.69. The first-order chi connectivity index (χ1) is 8.86. The summed E-state index contributed by atoms with van der Waals surface area (Å²) >= 11 is 0. The van der Waals surface area contributed by atoms with Crippen LogP contribution in [0.25, 0.3) is 0 Å². The Morgan fingerprint density at radius 1 is 1.26 bits per heavy atom. The molecule has 2 radical (unpaired) electrons. The lowest BCUT2D eigenvalue weighted by molar-refractivity contribution is -0.142. The molecule has 0 rings (SSSR count). The minimum Gasteiger partial charge on any atom is -0.468 e. The molecule has 6 nitrogen and oxygen atoms in total. The molecular weight excluding hydrogens is 248 g/mol. The van der Waals surface area contributed by atoms with Gasteiger partial charge >= 0.3 is 5.97 Å². The van der Waals surface area contributed by atoms with Crippen molar-refractivity contribution in [2.24, 2.45) is 5.73 Å². The number of rotatable bonds is 10. The monoisotopic (exact) mass is 274 g/mol. The average molecular weight is 274 g/mol. The van der Waals surface area contributed by atoms with E-state index in [1.165, 1.54) is 7.11 Å². The van der Waals surface area contributed by atoms with Gasteiger partial charge in [0.2, 0.25) is 0 Å². The highest BCUT2D eigenvalue weighted by atomic mass is 16.5. The van der Waals surface area contributed by atoms with Gasteiger partial charge in [-0.2, -0.15) is 0 Å². The molecule has 6 heteroatoms.